The summed E-state index contributed by atoms with van der Waals surface area (Å²) < 4.78 is 39.1. The molecule has 1 nitrogen and oxygen atoms in total. The zero-order valence-corrected chi connectivity index (χ0v) is 15.5. The van der Waals surface area contributed by atoms with Gasteiger partial charge in [0.25, 0.3) is 0 Å². The molecule has 4 rings (SSSR count). The molecule has 0 atom stereocenters. The van der Waals surface area contributed by atoms with Crippen molar-refractivity contribution < 1.29 is 13.2 Å². The van der Waals surface area contributed by atoms with Gasteiger partial charge in [-0.15, -0.1) is 0 Å². The Balaban J connectivity index is 1.72. The lowest BCUT2D eigenvalue weighted by atomic mass is 10.0. The number of nitrogens with zero attached hydrogens (tertiary/aromatic N) is 1. The van der Waals surface area contributed by atoms with Gasteiger partial charge in [-0.3, -0.25) is 0 Å². The number of hydrogen-bond donors (Lipinski definition) is 0. The number of benzene rings is 4. The fraction of sp³-hybridized carbons (Fsp3) is 0.0400. The molecule has 4 heteroatoms. The summed E-state index contributed by atoms with van der Waals surface area (Å²) in [5.74, 6) is 0. The van der Waals surface area contributed by atoms with E-state index in [0.717, 1.165) is 28.7 Å². The van der Waals surface area contributed by atoms with Crippen molar-refractivity contribution in [3.05, 3.63) is 115 Å². The average molecular weight is 389 g/mol. The van der Waals surface area contributed by atoms with Crippen LogP contribution in [0.3, 0.4) is 0 Å². The topological polar surface area (TPSA) is 3.24 Å². The molecule has 0 fully saturated rings. The Kier molecular flexibility index (Phi) is 5.09. The molecule has 0 aliphatic carbocycles. The van der Waals surface area contributed by atoms with Gasteiger partial charge in [-0.2, -0.15) is 13.2 Å². The highest BCUT2D eigenvalue weighted by atomic mass is 19.4. The Bertz CT molecular complexity index is 1030. The molecule has 144 valence electrons. The number of para-hydroxylation sites is 2. The molecule has 0 aliphatic heterocycles. The van der Waals surface area contributed by atoms with Crippen molar-refractivity contribution in [1.82, 2.24) is 0 Å². The summed E-state index contributed by atoms with van der Waals surface area (Å²) in [6, 6.07) is 32.9. The van der Waals surface area contributed by atoms with Crippen LogP contribution in [0.4, 0.5) is 30.2 Å². The number of halogens is 3. The van der Waals surface area contributed by atoms with E-state index in [1.165, 1.54) is 12.1 Å². The van der Waals surface area contributed by atoms with Gasteiger partial charge in [0.1, 0.15) is 0 Å². The normalized spacial score (nSPS) is 11.3. The van der Waals surface area contributed by atoms with E-state index in [1.54, 1.807) is 6.07 Å². The summed E-state index contributed by atoms with van der Waals surface area (Å²) in [6.45, 7) is 0. The van der Waals surface area contributed by atoms with Crippen molar-refractivity contribution in [3.63, 3.8) is 0 Å². The predicted octanol–water partition coefficient (Wildman–Crippen LogP) is 7.84. The summed E-state index contributed by atoms with van der Waals surface area (Å²) >= 11 is 0. The smallest absolute Gasteiger partial charge is 0.311 e. The molecule has 29 heavy (non-hydrogen) atoms. The first-order valence-corrected chi connectivity index (χ1v) is 9.20. The van der Waals surface area contributed by atoms with E-state index < -0.39 is 11.7 Å². The predicted molar refractivity (Wildman–Crippen MR) is 112 cm³/mol. The zero-order chi connectivity index (χ0) is 20.3. The van der Waals surface area contributed by atoms with E-state index in [-0.39, 0.29) is 0 Å². The highest BCUT2D eigenvalue weighted by Crippen LogP contribution is 2.36. The number of hydrogen-bond acceptors (Lipinski definition) is 1. The maximum absolute atomic E-state index is 13.0. The third-order valence-corrected chi connectivity index (χ3v) is 4.68. The minimum Gasteiger partial charge on any atom is -0.311 e. The Morgan fingerprint density at radius 2 is 1.00 bits per heavy atom. The van der Waals surface area contributed by atoms with Crippen LogP contribution in [-0.2, 0) is 6.18 Å². The molecule has 0 bridgehead atoms. The Morgan fingerprint density at radius 1 is 0.483 bits per heavy atom. The summed E-state index contributed by atoms with van der Waals surface area (Å²) in [7, 11) is 0. The van der Waals surface area contributed by atoms with Gasteiger partial charge in [0.05, 0.1) is 5.56 Å². The zero-order valence-electron chi connectivity index (χ0n) is 15.5. The van der Waals surface area contributed by atoms with E-state index >= 15 is 0 Å². The molecule has 0 N–H and O–H groups in total. The van der Waals surface area contributed by atoms with E-state index in [1.807, 2.05) is 84.9 Å². The highest BCUT2D eigenvalue weighted by Gasteiger charge is 2.30. The van der Waals surface area contributed by atoms with Crippen LogP contribution in [0.5, 0.6) is 0 Å². The average Bonchev–Trinajstić information content (AvgIpc) is 2.76. The van der Waals surface area contributed by atoms with Crippen molar-refractivity contribution in [3.8, 4) is 11.1 Å². The first kappa shape index (κ1) is 18.8. The second-order valence-electron chi connectivity index (χ2n) is 6.63. The van der Waals surface area contributed by atoms with Crippen LogP contribution in [0.2, 0.25) is 0 Å². The minimum absolute atomic E-state index is 0.539. The number of rotatable bonds is 4. The fourth-order valence-corrected chi connectivity index (χ4v) is 3.28. The maximum atomic E-state index is 13.0. The third-order valence-electron chi connectivity index (χ3n) is 4.68. The van der Waals surface area contributed by atoms with E-state index in [2.05, 4.69) is 4.90 Å². The van der Waals surface area contributed by atoms with Gasteiger partial charge in [0.2, 0.25) is 0 Å². The van der Waals surface area contributed by atoms with Crippen LogP contribution in [0.1, 0.15) is 5.56 Å². The van der Waals surface area contributed by atoms with Gasteiger partial charge in [0, 0.05) is 17.1 Å². The van der Waals surface area contributed by atoms with Crippen LogP contribution in [0.15, 0.2) is 109 Å². The lowest BCUT2D eigenvalue weighted by molar-refractivity contribution is -0.137. The van der Waals surface area contributed by atoms with Gasteiger partial charge >= 0.3 is 6.18 Å². The molecule has 0 saturated carbocycles. The molecular formula is C25H18F3N. The minimum atomic E-state index is -4.35. The van der Waals surface area contributed by atoms with Gasteiger partial charge in [-0.1, -0.05) is 60.7 Å². The van der Waals surface area contributed by atoms with Crippen LogP contribution in [0.25, 0.3) is 11.1 Å². The van der Waals surface area contributed by atoms with Crippen molar-refractivity contribution in [2.45, 2.75) is 6.18 Å². The van der Waals surface area contributed by atoms with E-state index in [4.69, 9.17) is 0 Å². The first-order chi connectivity index (χ1) is 14.0. The van der Waals surface area contributed by atoms with E-state index in [9.17, 15) is 13.2 Å². The molecule has 0 spiro atoms. The summed E-state index contributed by atoms with van der Waals surface area (Å²) in [5.41, 5.74) is 3.57. The van der Waals surface area contributed by atoms with Crippen molar-refractivity contribution in [1.29, 1.82) is 0 Å². The molecule has 0 amide bonds. The summed E-state index contributed by atoms with van der Waals surface area (Å²) in [6.07, 6.45) is -4.35. The van der Waals surface area contributed by atoms with E-state index in [0.29, 0.717) is 5.56 Å². The molecule has 0 heterocycles. The standard InChI is InChI=1S/C25H18F3N/c26-25(27,28)21-9-7-8-20(18-21)19-14-16-24(17-15-19)29(22-10-3-1-4-11-22)23-12-5-2-6-13-23/h1-18H. The van der Waals surface area contributed by atoms with Crippen molar-refractivity contribution in [2.24, 2.45) is 0 Å². The second kappa shape index (κ2) is 7.84. The van der Waals surface area contributed by atoms with Crippen LogP contribution in [-0.4, -0.2) is 0 Å². The van der Waals surface area contributed by atoms with Gasteiger partial charge in [-0.25, -0.2) is 0 Å². The number of alkyl halides is 3. The van der Waals surface area contributed by atoms with Crippen LogP contribution < -0.4 is 4.90 Å². The quantitative estimate of drug-likeness (QED) is 0.344. The fourth-order valence-electron chi connectivity index (χ4n) is 3.28. The Labute approximate surface area is 167 Å². The molecule has 0 radical (unpaired) electrons. The summed E-state index contributed by atoms with van der Waals surface area (Å²) in [4.78, 5) is 2.11. The van der Waals surface area contributed by atoms with Crippen LogP contribution >= 0.6 is 0 Å². The first-order valence-electron chi connectivity index (χ1n) is 9.20. The lowest BCUT2D eigenvalue weighted by Gasteiger charge is -2.25. The molecule has 4 aromatic carbocycles. The Hall–Kier alpha value is -3.53. The van der Waals surface area contributed by atoms with Gasteiger partial charge in [0.15, 0.2) is 0 Å². The maximum Gasteiger partial charge on any atom is 0.416 e. The monoisotopic (exact) mass is 389 g/mol. The molecule has 4 aromatic rings. The second-order valence-corrected chi connectivity index (χ2v) is 6.63. The largest absolute Gasteiger partial charge is 0.416 e. The molecule has 0 aliphatic rings. The van der Waals surface area contributed by atoms with Crippen molar-refractivity contribution >= 4 is 17.1 Å². The molecule has 0 saturated heterocycles. The highest BCUT2D eigenvalue weighted by molar-refractivity contribution is 5.78. The Morgan fingerprint density at radius 3 is 1.52 bits per heavy atom. The van der Waals surface area contributed by atoms with Gasteiger partial charge < -0.3 is 4.90 Å². The number of anilines is 3. The van der Waals surface area contributed by atoms with Gasteiger partial charge in [-0.05, 0) is 59.7 Å². The van der Waals surface area contributed by atoms with Crippen molar-refractivity contribution in [2.75, 3.05) is 4.90 Å². The third kappa shape index (κ3) is 4.16. The molecule has 0 unspecified atom stereocenters. The van der Waals surface area contributed by atoms with Crippen LogP contribution in [0, 0.1) is 0 Å². The summed E-state index contributed by atoms with van der Waals surface area (Å²) in [5, 5.41) is 0. The molecule has 0 aromatic heterocycles. The molecular weight excluding hydrogens is 371 g/mol. The SMILES string of the molecule is FC(F)(F)c1cccc(-c2ccc(N(c3ccccc3)c3ccccc3)cc2)c1. The lowest BCUT2D eigenvalue weighted by Crippen LogP contribution is -2.09.